The predicted octanol–water partition coefficient (Wildman–Crippen LogP) is 4.26. The van der Waals surface area contributed by atoms with E-state index in [1.165, 1.54) is 4.90 Å². The summed E-state index contributed by atoms with van der Waals surface area (Å²) in [5.41, 5.74) is 2.29. The monoisotopic (exact) mass is 424 g/mol. The minimum absolute atomic E-state index is 0.139. The summed E-state index contributed by atoms with van der Waals surface area (Å²) in [4.78, 5) is 38.9. The van der Waals surface area contributed by atoms with Gasteiger partial charge in [0.2, 0.25) is 5.91 Å². The van der Waals surface area contributed by atoms with Gasteiger partial charge in [-0.3, -0.25) is 19.3 Å². The van der Waals surface area contributed by atoms with Gasteiger partial charge in [0.15, 0.2) is 0 Å². The summed E-state index contributed by atoms with van der Waals surface area (Å²) in [7, 11) is 0. The lowest BCUT2D eigenvalue weighted by Crippen LogP contribution is -2.31. The van der Waals surface area contributed by atoms with Crippen LogP contribution in [0.1, 0.15) is 86.4 Å². The molecule has 0 bridgehead atoms. The second kappa shape index (κ2) is 7.94. The number of hydrogen-bond donors (Lipinski definition) is 1. The highest BCUT2D eigenvalue weighted by Gasteiger charge is 2.35. The Morgan fingerprint density at radius 3 is 2.26 bits per heavy atom. The van der Waals surface area contributed by atoms with Crippen LogP contribution in [-0.4, -0.2) is 38.9 Å². The highest BCUT2D eigenvalue weighted by atomic mass is 16.2. The van der Waals surface area contributed by atoms with Crippen molar-refractivity contribution in [3.63, 3.8) is 0 Å². The highest BCUT2D eigenvalue weighted by molar-refractivity contribution is 6.21. The molecule has 3 amide bonds. The molecule has 1 N–H and O–H groups in total. The summed E-state index contributed by atoms with van der Waals surface area (Å²) in [5, 5.41) is 7.66. The van der Waals surface area contributed by atoms with Crippen LogP contribution in [0.25, 0.3) is 0 Å². The summed E-state index contributed by atoms with van der Waals surface area (Å²) in [6, 6.07) is 7.17. The number of hydrogen-bond acceptors (Lipinski definition) is 4. The molecule has 1 aliphatic rings. The number of rotatable bonds is 5. The van der Waals surface area contributed by atoms with Crippen LogP contribution >= 0.6 is 0 Å². The van der Waals surface area contributed by atoms with Crippen LogP contribution in [0.4, 0.5) is 5.82 Å². The second-order valence-corrected chi connectivity index (χ2v) is 10.2. The van der Waals surface area contributed by atoms with Gasteiger partial charge < -0.3 is 5.32 Å². The van der Waals surface area contributed by atoms with Crippen molar-refractivity contribution in [2.24, 2.45) is 0 Å². The first-order valence-electron chi connectivity index (χ1n) is 10.7. The standard InChI is InChI=1S/C24H32N4O3/c1-15-10-11-16-17(13-15)22(31)27(21(16)30)12-8-9-20(29)25-19-14-18(23(2,3)4)26-28(19)24(5,6)7/h10-11,13-14H,8-9,12H2,1-7H3,(H,25,29). The molecule has 1 aromatic heterocycles. The first kappa shape index (κ1) is 22.7. The average molecular weight is 425 g/mol. The molecule has 0 radical (unpaired) electrons. The van der Waals surface area contributed by atoms with Crippen molar-refractivity contribution in [2.45, 2.75) is 72.3 Å². The van der Waals surface area contributed by atoms with Crippen molar-refractivity contribution >= 4 is 23.5 Å². The number of amides is 3. The molecule has 0 saturated carbocycles. The lowest BCUT2D eigenvalue weighted by molar-refractivity contribution is -0.116. The van der Waals surface area contributed by atoms with Crippen LogP contribution in [0.3, 0.4) is 0 Å². The molecule has 2 aromatic rings. The summed E-state index contributed by atoms with van der Waals surface area (Å²) >= 11 is 0. The largest absolute Gasteiger partial charge is 0.311 e. The first-order chi connectivity index (χ1) is 14.3. The van der Waals surface area contributed by atoms with Gasteiger partial charge in [0, 0.05) is 24.4 Å². The second-order valence-electron chi connectivity index (χ2n) is 10.2. The van der Waals surface area contributed by atoms with Crippen molar-refractivity contribution in [2.75, 3.05) is 11.9 Å². The Bertz CT molecular complexity index is 1040. The number of aryl methyl sites for hydroxylation is 1. The average Bonchev–Trinajstić information content (AvgIpc) is 3.17. The van der Waals surface area contributed by atoms with Gasteiger partial charge in [-0.15, -0.1) is 0 Å². The fourth-order valence-corrected chi connectivity index (χ4v) is 3.56. The van der Waals surface area contributed by atoms with Gasteiger partial charge >= 0.3 is 0 Å². The van der Waals surface area contributed by atoms with Gasteiger partial charge in [-0.25, -0.2) is 4.68 Å². The minimum atomic E-state index is -0.291. The number of benzene rings is 1. The molecule has 166 valence electrons. The molecule has 7 heteroatoms. The normalized spacial score (nSPS) is 14.2. The van der Waals surface area contributed by atoms with E-state index in [1.54, 1.807) is 12.1 Å². The number of fused-ring (bicyclic) bond motifs is 1. The maximum atomic E-state index is 12.6. The molecule has 31 heavy (non-hydrogen) atoms. The molecular formula is C24H32N4O3. The van der Waals surface area contributed by atoms with Gasteiger partial charge in [0.25, 0.3) is 11.8 Å². The predicted molar refractivity (Wildman–Crippen MR) is 120 cm³/mol. The third kappa shape index (κ3) is 4.70. The SMILES string of the molecule is Cc1ccc2c(c1)C(=O)N(CCCC(=O)Nc1cc(C(C)(C)C)nn1C(C)(C)C)C2=O. The molecule has 1 aliphatic heterocycles. The molecule has 0 spiro atoms. The molecule has 0 unspecified atom stereocenters. The Balaban J connectivity index is 1.63. The Morgan fingerprint density at radius 1 is 1.00 bits per heavy atom. The molecule has 0 saturated heterocycles. The van der Waals surface area contributed by atoms with E-state index in [0.717, 1.165) is 11.3 Å². The molecule has 0 fully saturated rings. The van der Waals surface area contributed by atoms with Crippen LogP contribution in [-0.2, 0) is 15.7 Å². The number of carbonyl (C=O) groups is 3. The number of imide groups is 1. The van der Waals surface area contributed by atoms with Gasteiger partial charge in [0.05, 0.1) is 22.4 Å². The lowest BCUT2D eigenvalue weighted by atomic mass is 9.92. The third-order valence-corrected chi connectivity index (χ3v) is 5.29. The smallest absolute Gasteiger partial charge is 0.261 e. The molecule has 0 aliphatic carbocycles. The maximum Gasteiger partial charge on any atom is 0.261 e. The zero-order valence-electron chi connectivity index (χ0n) is 19.5. The van der Waals surface area contributed by atoms with Gasteiger partial charge in [0.1, 0.15) is 5.82 Å². The van der Waals surface area contributed by atoms with Crippen LogP contribution in [0, 0.1) is 6.92 Å². The fraction of sp³-hybridized carbons (Fsp3) is 0.500. The van der Waals surface area contributed by atoms with Gasteiger partial charge in [-0.1, -0.05) is 32.4 Å². The summed E-state index contributed by atoms with van der Waals surface area (Å²) in [6.45, 7) is 14.4. The summed E-state index contributed by atoms with van der Waals surface area (Å²) in [6.07, 6.45) is 0.596. The van der Waals surface area contributed by atoms with Crippen molar-refractivity contribution in [1.29, 1.82) is 0 Å². The van der Waals surface area contributed by atoms with E-state index in [2.05, 4.69) is 26.1 Å². The number of carbonyl (C=O) groups excluding carboxylic acids is 3. The van der Waals surface area contributed by atoms with E-state index in [9.17, 15) is 14.4 Å². The highest BCUT2D eigenvalue weighted by Crippen LogP contribution is 2.28. The summed E-state index contributed by atoms with van der Waals surface area (Å²) < 4.78 is 1.83. The number of anilines is 1. The Kier molecular flexibility index (Phi) is 5.82. The topological polar surface area (TPSA) is 84.3 Å². The van der Waals surface area contributed by atoms with Gasteiger partial charge in [-0.05, 0) is 46.2 Å². The van der Waals surface area contributed by atoms with E-state index in [1.807, 2.05) is 44.5 Å². The van der Waals surface area contributed by atoms with Crippen molar-refractivity contribution in [1.82, 2.24) is 14.7 Å². The molecule has 7 nitrogen and oxygen atoms in total. The Hall–Kier alpha value is -2.96. The van der Waals surface area contributed by atoms with Crippen molar-refractivity contribution in [3.05, 3.63) is 46.6 Å². The van der Waals surface area contributed by atoms with Crippen molar-refractivity contribution in [3.8, 4) is 0 Å². The molecule has 3 rings (SSSR count). The van der Waals surface area contributed by atoms with E-state index < -0.39 is 0 Å². The van der Waals surface area contributed by atoms with Gasteiger partial charge in [-0.2, -0.15) is 5.10 Å². The number of nitrogens with zero attached hydrogens (tertiary/aromatic N) is 3. The number of nitrogens with one attached hydrogen (secondary N) is 1. The van der Waals surface area contributed by atoms with Crippen LogP contribution in [0.15, 0.2) is 24.3 Å². The van der Waals surface area contributed by atoms with E-state index in [4.69, 9.17) is 5.10 Å². The maximum absolute atomic E-state index is 12.6. The van der Waals surface area contributed by atoms with Crippen LogP contribution in [0.2, 0.25) is 0 Å². The molecule has 2 heterocycles. The molecular weight excluding hydrogens is 392 g/mol. The lowest BCUT2D eigenvalue weighted by Gasteiger charge is -2.23. The third-order valence-electron chi connectivity index (χ3n) is 5.29. The minimum Gasteiger partial charge on any atom is -0.311 e. The van der Waals surface area contributed by atoms with Crippen molar-refractivity contribution < 1.29 is 14.4 Å². The van der Waals surface area contributed by atoms with Crippen LogP contribution < -0.4 is 5.32 Å². The molecule has 1 aromatic carbocycles. The first-order valence-corrected chi connectivity index (χ1v) is 10.7. The quantitative estimate of drug-likeness (QED) is 0.727. The molecule has 0 atom stereocenters. The zero-order valence-corrected chi connectivity index (χ0v) is 19.5. The van der Waals surface area contributed by atoms with E-state index >= 15 is 0 Å². The van der Waals surface area contributed by atoms with E-state index in [-0.39, 0.29) is 41.6 Å². The van der Waals surface area contributed by atoms with Crippen LogP contribution in [0.5, 0.6) is 0 Å². The van der Waals surface area contributed by atoms with E-state index in [0.29, 0.717) is 23.4 Å². The zero-order chi connectivity index (χ0) is 23.1. The number of aromatic nitrogens is 2. The fourth-order valence-electron chi connectivity index (χ4n) is 3.56. The Morgan fingerprint density at radius 2 is 1.65 bits per heavy atom. The Labute approximate surface area is 183 Å². The summed E-state index contributed by atoms with van der Waals surface area (Å²) in [5.74, 6) is -0.0947.